The standard InChI is InChI=1S/C12H12BrN3OS/c13-7-1-3-10-9(5-7)15-12(18)16(10)6-8-2-4-11(17)14-8/h1,3,5,8H,2,4,6H2,(H,14,17)(H,15,18). The van der Waals surface area contributed by atoms with Crippen molar-refractivity contribution in [2.45, 2.75) is 25.4 Å². The molecule has 1 aliphatic rings. The summed E-state index contributed by atoms with van der Waals surface area (Å²) in [5.41, 5.74) is 2.09. The average molecular weight is 326 g/mol. The average Bonchev–Trinajstić information content (AvgIpc) is 2.84. The molecule has 4 nitrogen and oxygen atoms in total. The van der Waals surface area contributed by atoms with Crippen LogP contribution in [0.3, 0.4) is 0 Å². The highest BCUT2D eigenvalue weighted by atomic mass is 79.9. The lowest BCUT2D eigenvalue weighted by molar-refractivity contribution is -0.119. The van der Waals surface area contributed by atoms with Crippen molar-refractivity contribution in [3.63, 3.8) is 0 Å². The maximum atomic E-state index is 11.2. The molecular formula is C12H12BrN3OS. The number of hydrogen-bond donors (Lipinski definition) is 2. The van der Waals surface area contributed by atoms with E-state index in [1.54, 1.807) is 0 Å². The highest BCUT2D eigenvalue weighted by molar-refractivity contribution is 9.10. The summed E-state index contributed by atoms with van der Waals surface area (Å²) in [6, 6.07) is 6.22. The molecule has 0 saturated carbocycles. The van der Waals surface area contributed by atoms with E-state index >= 15 is 0 Å². The first kappa shape index (κ1) is 11.9. The second-order valence-electron chi connectivity index (χ2n) is 4.51. The quantitative estimate of drug-likeness (QED) is 0.834. The van der Waals surface area contributed by atoms with Crippen LogP contribution in [0.4, 0.5) is 0 Å². The van der Waals surface area contributed by atoms with Crippen molar-refractivity contribution in [2.75, 3.05) is 0 Å². The molecule has 3 rings (SSSR count). The van der Waals surface area contributed by atoms with Crippen LogP contribution in [0.15, 0.2) is 22.7 Å². The van der Waals surface area contributed by atoms with Crippen LogP contribution in [-0.4, -0.2) is 21.5 Å². The van der Waals surface area contributed by atoms with E-state index in [1.807, 2.05) is 22.8 Å². The first-order valence-electron chi connectivity index (χ1n) is 5.81. The van der Waals surface area contributed by atoms with Gasteiger partial charge in [0.15, 0.2) is 4.77 Å². The maximum Gasteiger partial charge on any atom is 0.220 e. The van der Waals surface area contributed by atoms with Crippen molar-refractivity contribution in [3.05, 3.63) is 27.4 Å². The number of nitrogens with zero attached hydrogens (tertiary/aromatic N) is 1. The van der Waals surface area contributed by atoms with Crippen LogP contribution in [0, 0.1) is 4.77 Å². The zero-order valence-electron chi connectivity index (χ0n) is 9.57. The Morgan fingerprint density at radius 1 is 1.50 bits per heavy atom. The molecule has 0 bridgehead atoms. The number of hydrogen-bond acceptors (Lipinski definition) is 2. The number of amides is 1. The number of H-pyrrole nitrogens is 1. The molecule has 2 heterocycles. The van der Waals surface area contributed by atoms with E-state index in [0.717, 1.165) is 28.5 Å². The molecule has 0 radical (unpaired) electrons. The van der Waals surface area contributed by atoms with E-state index in [-0.39, 0.29) is 11.9 Å². The number of benzene rings is 1. The number of carbonyl (C=O) groups is 1. The smallest absolute Gasteiger partial charge is 0.220 e. The number of nitrogens with one attached hydrogen (secondary N) is 2. The highest BCUT2D eigenvalue weighted by Crippen LogP contribution is 2.21. The van der Waals surface area contributed by atoms with Crippen LogP contribution in [0.25, 0.3) is 11.0 Å². The molecule has 2 N–H and O–H groups in total. The van der Waals surface area contributed by atoms with Crippen molar-refractivity contribution in [3.8, 4) is 0 Å². The Morgan fingerprint density at radius 3 is 3.06 bits per heavy atom. The van der Waals surface area contributed by atoms with Gasteiger partial charge >= 0.3 is 0 Å². The summed E-state index contributed by atoms with van der Waals surface area (Å²) < 4.78 is 3.77. The van der Waals surface area contributed by atoms with Gasteiger partial charge in [-0.2, -0.15) is 0 Å². The number of fused-ring (bicyclic) bond motifs is 1. The molecule has 1 fully saturated rings. The summed E-state index contributed by atoms with van der Waals surface area (Å²) in [6.07, 6.45) is 1.50. The van der Waals surface area contributed by atoms with E-state index in [9.17, 15) is 4.79 Å². The number of imidazole rings is 1. The second-order valence-corrected chi connectivity index (χ2v) is 5.81. The SMILES string of the molecule is O=C1CCC(Cn2c(=S)[nH]c3cc(Br)ccc32)N1. The minimum atomic E-state index is 0.133. The van der Waals surface area contributed by atoms with Gasteiger partial charge in [0.05, 0.1) is 11.0 Å². The monoisotopic (exact) mass is 325 g/mol. The van der Waals surface area contributed by atoms with Gasteiger partial charge < -0.3 is 14.9 Å². The molecule has 1 aromatic heterocycles. The molecule has 6 heteroatoms. The fourth-order valence-electron chi connectivity index (χ4n) is 2.35. The Labute approximate surface area is 118 Å². The van der Waals surface area contributed by atoms with Gasteiger partial charge in [-0.05, 0) is 36.8 Å². The van der Waals surface area contributed by atoms with Crippen LogP contribution in [0.1, 0.15) is 12.8 Å². The minimum absolute atomic E-state index is 0.133. The van der Waals surface area contributed by atoms with E-state index < -0.39 is 0 Å². The molecule has 1 amide bonds. The second kappa shape index (κ2) is 4.51. The van der Waals surface area contributed by atoms with Gasteiger partial charge in [-0.1, -0.05) is 15.9 Å². The maximum absolute atomic E-state index is 11.2. The number of rotatable bonds is 2. The van der Waals surface area contributed by atoms with Crippen LogP contribution < -0.4 is 5.32 Å². The molecule has 1 atom stereocenters. The van der Waals surface area contributed by atoms with E-state index in [2.05, 4.69) is 26.2 Å². The highest BCUT2D eigenvalue weighted by Gasteiger charge is 2.21. The molecular weight excluding hydrogens is 314 g/mol. The number of aromatic amines is 1. The third kappa shape index (κ3) is 2.10. The molecule has 0 aliphatic carbocycles. The molecule has 1 unspecified atom stereocenters. The predicted molar refractivity (Wildman–Crippen MR) is 76.0 cm³/mol. The van der Waals surface area contributed by atoms with Crippen molar-refractivity contribution in [1.29, 1.82) is 0 Å². The predicted octanol–water partition coefficient (Wildman–Crippen LogP) is 2.74. The molecule has 1 aliphatic heterocycles. The van der Waals surface area contributed by atoms with Crippen LogP contribution in [0.2, 0.25) is 0 Å². The fourth-order valence-corrected chi connectivity index (χ4v) is 3.00. The van der Waals surface area contributed by atoms with Crippen molar-refractivity contribution < 1.29 is 4.79 Å². The third-order valence-corrected chi connectivity index (χ3v) is 4.04. The summed E-state index contributed by atoms with van der Waals surface area (Å²) in [7, 11) is 0. The molecule has 1 saturated heterocycles. The fraction of sp³-hybridized carbons (Fsp3) is 0.333. The van der Waals surface area contributed by atoms with Crippen LogP contribution in [0.5, 0.6) is 0 Å². The van der Waals surface area contributed by atoms with Crippen LogP contribution in [-0.2, 0) is 11.3 Å². The van der Waals surface area contributed by atoms with Gasteiger partial charge in [-0.3, -0.25) is 4.79 Å². The molecule has 2 aromatic rings. The molecule has 0 spiro atoms. The Hall–Kier alpha value is -1.14. The van der Waals surface area contributed by atoms with Gasteiger partial charge in [-0.15, -0.1) is 0 Å². The number of aromatic nitrogens is 2. The van der Waals surface area contributed by atoms with E-state index in [1.165, 1.54) is 0 Å². The third-order valence-electron chi connectivity index (χ3n) is 3.22. The lowest BCUT2D eigenvalue weighted by Crippen LogP contribution is -2.29. The summed E-state index contributed by atoms with van der Waals surface area (Å²) in [5.74, 6) is 0.133. The lowest BCUT2D eigenvalue weighted by atomic mass is 10.2. The first-order valence-corrected chi connectivity index (χ1v) is 7.01. The van der Waals surface area contributed by atoms with Crippen molar-refractivity contribution >= 4 is 45.1 Å². The Morgan fingerprint density at radius 2 is 2.33 bits per heavy atom. The van der Waals surface area contributed by atoms with E-state index in [0.29, 0.717) is 11.2 Å². The number of halogens is 1. The van der Waals surface area contributed by atoms with Gasteiger partial charge in [0.1, 0.15) is 0 Å². The lowest BCUT2D eigenvalue weighted by Gasteiger charge is -2.11. The van der Waals surface area contributed by atoms with Crippen molar-refractivity contribution in [1.82, 2.24) is 14.9 Å². The molecule has 18 heavy (non-hydrogen) atoms. The first-order chi connectivity index (χ1) is 8.63. The number of carbonyl (C=O) groups excluding carboxylic acids is 1. The minimum Gasteiger partial charge on any atom is -0.352 e. The van der Waals surface area contributed by atoms with Gasteiger partial charge in [0.2, 0.25) is 5.91 Å². The summed E-state index contributed by atoms with van der Waals surface area (Å²) in [4.78, 5) is 14.4. The van der Waals surface area contributed by atoms with Gasteiger partial charge in [0.25, 0.3) is 0 Å². The zero-order valence-corrected chi connectivity index (χ0v) is 12.0. The largest absolute Gasteiger partial charge is 0.352 e. The van der Waals surface area contributed by atoms with Crippen LogP contribution >= 0.6 is 28.1 Å². The summed E-state index contributed by atoms with van der Waals surface area (Å²) in [6.45, 7) is 0.728. The van der Waals surface area contributed by atoms with Crippen molar-refractivity contribution in [2.24, 2.45) is 0 Å². The Kier molecular flexibility index (Phi) is 2.99. The summed E-state index contributed by atoms with van der Waals surface area (Å²) in [5, 5.41) is 2.97. The van der Waals surface area contributed by atoms with Gasteiger partial charge in [0, 0.05) is 23.5 Å². The molecule has 1 aromatic carbocycles. The molecule has 94 valence electrons. The van der Waals surface area contributed by atoms with E-state index in [4.69, 9.17) is 12.2 Å². The topological polar surface area (TPSA) is 49.8 Å². The normalized spacial score (nSPS) is 19.4. The van der Waals surface area contributed by atoms with Gasteiger partial charge in [-0.25, -0.2) is 0 Å². The Bertz CT molecular complexity index is 676. The zero-order chi connectivity index (χ0) is 12.7. The summed E-state index contributed by atoms with van der Waals surface area (Å²) >= 11 is 8.78. The Balaban J connectivity index is 1.98.